The highest BCUT2D eigenvalue weighted by molar-refractivity contribution is 7.92. The molecule has 0 radical (unpaired) electrons. The zero-order chi connectivity index (χ0) is 23.7. The van der Waals surface area contributed by atoms with E-state index in [1.54, 1.807) is 35.6 Å². The van der Waals surface area contributed by atoms with Crippen LogP contribution in [0.4, 0.5) is 5.69 Å². The van der Waals surface area contributed by atoms with Gasteiger partial charge >= 0.3 is 0 Å². The third kappa shape index (κ3) is 4.56. The fraction of sp³-hybridized carbons (Fsp3) is 0.231. The summed E-state index contributed by atoms with van der Waals surface area (Å²) in [5, 5.41) is 1.07. The van der Waals surface area contributed by atoms with E-state index in [1.165, 1.54) is 12.1 Å². The number of carbonyl (C=O) groups is 1. The van der Waals surface area contributed by atoms with Crippen molar-refractivity contribution in [1.29, 1.82) is 0 Å². The average Bonchev–Trinajstić information content (AvgIpc) is 3.30. The van der Waals surface area contributed by atoms with E-state index in [9.17, 15) is 13.2 Å². The maximum Gasteiger partial charge on any atom is 0.261 e. The molecular formula is C26H25N3O3S2. The Hall–Kier alpha value is -3.23. The van der Waals surface area contributed by atoms with Crippen LogP contribution >= 0.6 is 11.3 Å². The molecule has 1 saturated heterocycles. The number of likely N-dealkylation sites (tertiary alicyclic amines) is 1. The van der Waals surface area contributed by atoms with Gasteiger partial charge in [-0.2, -0.15) is 0 Å². The van der Waals surface area contributed by atoms with Gasteiger partial charge in [0.05, 0.1) is 25.8 Å². The van der Waals surface area contributed by atoms with Crippen molar-refractivity contribution in [2.75, 3.05) is 17.8 Å². The number of para-hydroxylation sites is 2. The second kappa shape index (κ2) is 9.19. The summed E-state index contributed by atoms with van der Waals surface area (Å²) in [6.07, 6.45) is 1.92. The first-order valence-corrected chi connectivity index (χ1v) is 13.5. The number of anilines is 1. The van der Waals surface area contributed by atoms with Crippen molar-refractivity contribution >= 4 is 43.2 Å². The minimum atomic E-state index is -3.74. The lowest BCUT2D eigenvalue weighted by atomic mass is 9.98. The van der Waals surface area contributed by atoms with Crippen LogP contribution in [0.2, 0.25) is 0 Å². The van der Waals surface area contributed by atoms with E-state index in [4.69, 9.17) is 4.98 Å². The first-order chi connectivity index (χ1) is 16.4. The summed E-state index contributed by atoms with van der Waals surface area (Å²) in [6, 6.07) is 21.5. The molecule has 8 heteroatoms. The van der Waals surface area contributed by atoms with Crippen LogP contribution < -0.4 is 4.72 Å². The molecule has 0 bridgehead atoms. The van der Waals surface area contributed by atoms with Crippen LogP contribution in [0.3, 0.4) is 0 Å². The Bertz CT molecular complexity index is 1410. The number of aromatic nitrogens is 1. The molecule has 174 valence electrons. The summed E-state index contributed by atoms with van der Waals surface area (Å²) in [4.78, 5) is 20.0. The molecule has 1 aliphatic rings. The van der Waals surface area contributed by atoms with Gasteiger partial charge in [0, 0.05) is 24.6 Å². The van der Waals surface area contributed by atoms with Gasteiger partial charge in [0.2, 0.25) is 0 Å². The zero-order valence-corrected chi connectivity index (χ0v) is 20.4. The summed E-state index contributed by atoms with van der Waals surface area (Å²) in [5.74, 6) is 0.134. The number of sulfonamides is 1. The van der Waals surface area contributed by atoms with E-state index >= 15 is 0 Å². The molecule has 3 aromatic carbocycles. The number of nitrogens with one attached hydrogen (secondary N) is 1. The molecule has 1 fully saturated rings. The number of hydrogen-bond donors (Lipinski definition) is 1. The lowest BCUT2D eigenvalue weighted by molar-refractivity contribution is 0.0707. The highest BCUT2D eigenvalue weighted by Gasteiger charge is 2.28. The smallest absolute Gasteiger partial charge is 0.261 e. The van der Waals surface area contributed by atoms with Crippen molar-refractivity contribution in [3.05, 3.63) is 88.9 Å². The monoisotopic (exact) mass is 491 g/mol. The minimum Gasteiger partial charge on any atom is -0.338 e. The molecule has 0 aliphatic carbocycles. The summed E-state index contributed by atoms with van der Waals surface area (Å²) < 4.78 is 29.4. The largest absolute Gasteiger partial charge is 0.338 e. The van der Waals surface area contributed by atoms with Crippen molar-refractivity contribution < 1.29 is 13.2 Å². The number of hydrogen-bond acceptors (Lipinski definition) is 5. The van der Waals surface area contributed by atoms with Crippen molar-refractivity contribution in [2.24, 2.45) is 0 Å². The molecule has 0 unspecified atom stereocenters. The van der Waals surface area contributed by atoms with Gasteiger partial charge in [-0.15, -0.1) is 11.3 Å². The first-order valence-electron chi connectivity index (χ1n) is 11.2. The summed E-state index contributed by atoms with van der Waals surface area (Å²) in [7, 11) is -3.74. The molecular weight excluding hydrogens is 466 g/mol. The van der Waals surface area contributed by atoms with Crippen LogP contribution in [0.25, 0.3) is 10.2 Å². The lowest BCUT2D eigenvalue weighted by Gasteiger charge is -2.32. The van der Waals surface area contributed by atoms with Crippen molar-refractivity contribution in [1.82, 2.24) is 9.88 Å². The Kier molecular flexibility index (Phi) is 6.10. The van der Waals surface area contributed by atoms with Crippen molar-refractivity contribution in [2.45, 2.75) is 30.6 Å². The topological polar surface area (TPSA) is 79.4 Å². The maximum atomic E-state index is 13.2. The highest BCUT2D eigenvalue weighted by Crippen LogP contribution is 2.33. The van der Waals surface area contributed by atoms with Gasteiger partial charge in [-0.3, -0.25) is 9.52 Å². The maximum absolute atomic E-state index is 13.2. The van der Waals surface area contributed by atoms with E-state index in [1.807, 2.05) is 42.2 Å². The number of benzene rings is 3. The number of nitrogens with zero attached hydrogens (tertiary/aromatic N) is 2. The van der Waals surface area contributed by atoms with E-state index in [2.05, 4.69) is 10.8 Å². The van der Waals surface area contributed by atoms with E-state index in [0.29, 0.717) is 24.3 Å². The second-order valence-corrected chi connectivity index (χ2v) is 11.3. The summed E-state index contributed by atoms with van der Waals surface area (Å²) in [5.41, 5.74) is 2.87. The number of rotatable bonds is 5. The number of amides is 1. The molecule has 1 aromatic heterocycles. The predicted molar refractivity (Wildman–Crippen MR) is 136 cm³/mol. The lowest BCUT2D eigenvalue weighted by Crippen LogP contribution is -2.39. The molecule has 1 atom stereocenters. The first kappa shape index (κ1) is 22.6. The third-order valence-electron chi connectivity index (χ3n) is 6.17. The average molecular weight is 492 g/mol. The van der Waals surface area contributed by atoms with Crippen molar-refractivity contribution in [3.8, 4) is 0 Å². The van der Waals surface area contributed by atoms with E-state index in [0.717, 1.165) is 33.6 Å². The molecule has 0 saturated carbocycles. The predicted octanol–water partition coefficient (Wildman–Crippen LogP) is 5.43. The Morgan fingerprint density at radius 1 is 1.03 bits per heavy atom. The molecule has 0 spiro atoms. The molecule has 5 rings (SSSR count). The van der Waals surface area contributed by atoms with E-state index in [-0.39, 0.29) is 16.7 Å². The molecule has 34 heavy (non-hydrogen) atoms. The Labute approximate surface area is 203 Å². The third-order valence-corrected chi connectivity index (χ3v) is 8.75. The van der Waals surface area contributed by atoms with Crippen LogP contribution in [0.5, 0.6) is 0 Å². The highest BCUT2D eigenvalue weighted by atomic mass is 32.2. The van der Waals surface area contributed by atoms with Crippen molar-refractivity contribution in [3.63, 3.8) is 0 Å². The van der Waals surface area contributed by atoms with Crippen LogP contribution in [0, 0.1) is 6.92 Å². The molecule has 1 N–H and O–H groups in total. The van der Waals surface area contributed by atoms with Gasteiger partial charge in [-0.1, -0.05) is 30.3 Å². The van der Waals surface area contributed by atoms with Crippen LogP contribution in [-0.2, 0) is 10.0 Å². The van der Waals surface area contributed by atoms with Crippen LogP contribution in [0.15, 0.2) is 77.7 Å². The number of piperidine rings is 1. The summed E-state index contributed by atoms with van der Waals surface area (Å²) >= 11 is 1.70. The number of aryl methyl sites for hydroxylation is 1. The molecule has 2 heterocycles. The van der Waals surface area contributed by atoms with Gasteiger partial charge < -0.3 is 4.90 Å². The molecule has 6 nitrogen and oxygen atoms in total. The van der Waals surface area contributed by atoms with Crippen LogP contribution in [-0.4, -0.2) is 37.3 Å². The van der Waals surface area contributed by atoms with Gasteiger partial charge in [-0.25, -0.2) is 13.4 Å². The molecule has 1 amide bonds. The standard InChI is InChI=1S/C26H25N3O3S2/c1-18-7-2-3-9-22(18)28-34(31,32)21-14-12-19(13-15-21)26(30)29-16-6-8-20(17-29)25-27-23-10-4-5-11-24(23)33-25/h2-5,7,9-15,20,28H,6,8,16-17H2,1H3/t20-/m0/s1. The van der Waals surface area contributed by atoms with Gasteiger partial charge in [0.15, 0.2) is 0 Å². The number of fused-ring (bicyclic) bond motifs is 1. The number of carbonyl (C=O) groups excluding carboxylic acids is 1. The van der Waals surface area contributed by atoms with Gasteiger partial charge in [0.1, 0.15) is 0 Å². The van der Waals surface area contributed by atoms with Crippen LogP contribution in [0.1, 0.15) is 39.7 Å². The fourth-order valence-corrected chi connectivity index (χ4v) is 6.50. The molecule has 4 aromatic rings. The minimum absolute atomic E-state index is 0.0818. The fourth-order valence-electron chi connectivity index (χ4n) is 4.28. The Balaban J connectivity index is 1.30. The van der Waals surface area contributed by atoms with Gasteiger partial charge in [-0.05, 0) is 67.8 Å². The van der Waals surface area contributed by atoms with Gasteiger partial charge in [0.25, 0.3) is 15.9 Å². The SMILES string of the molecule is Cc1ccccc1NS(=O)(=O)c1ccc(C(=O)N2CCC[C@H](c3nc4ccccc4s3)C2)cc1. The Morgan fingerprint density at radius 3 is 2.53 bits per heavy atom. The zero-order valence-electron chi connectivity index (χ0n) is 18.8. The Morgan fingerprint density at radius 2 is 1.76 bits per heavy atom. The normalized spacial score (nSPS) is 16.5. The molecule has 1 aliphatic heterocycles. The number of thiazole rings is 1. The van der Waals surface area contributed by atoms with E-state index < -0.39 is 10.0 Å². The summed E-state index contributed by atoms with van der Waals surface area (Å²) in [6.45, 7) is 3.16. The second-order valence-electron chi connectivity index (χ2n) is 8.55. The quantitative estimate of drug-likeness (QED) is 0.404.